The second-order valence-electron chi connectivity index (χ2n) is 11.5. The van der Waals surface area contributed by atoms with Gasteiger partial charge in [-0.05, 0) is 58.9 Å². The number of hydrogen-bond donors (Lipinski definition) is 1. The highest BCUT2D eigenvalue weighted by Crippen LogP contribution is 2.48. The Morgan fingerprint density at radius 1 is 1.11 bits per heavy atom. The second kappa shape index (κ2) is 14.6. The number of esters is 1. The molecule has 7 nitrogen and oxygen atoms in total. The van der Waals surface area contributed by atoms with Crippen molar-refractivity contribution in [2.24, 2.45) is 10.8 Å². The van der Waals surface area contributed by atoms with E-state index in [1.807, 2.05) is 51.1 Å². The summed E-state index contributed by atoms with van der Waals surface area (Å²) in [6.45, 7) is 10.9. The summed E-state index contributed by atoms with van der Waals surface area (Å²) in [6, 6.07) is 9.25. The molecule has 0 aromatic heterocycles. The van der Waals surface area contributed by atoms with Crippen molar-refractivity contribution in [1.82, 2.24) is 5.32 Å². The minimum atomic E-state index is -0.732. The quantitative estimate of drug-likeness (QED) is 0.233. The van der Waals surface area contributed by atoms with Crippen LogP contribution in [-0.2, 0) is 35.2 Å². The van der Waals surface area contributed by atoms with Crippen LogP contribution in [0.15, 0.2) is 30.3 Å². The van der Waals surface area contributed by atoms with Gasteiger partial charge in [0.2, 0.25) is 5.91 Å². The summed E-state index contributed by atoms with van der Waals surface area (Å²) in [5.41, 5.74) is -0.771. The van der Waals surface area contributed by atoms with E-state index in [0.717, 1.165) is 31.1 Å². The zero-order valence-electron chi connectivity index (χ0n) is 23.5. The number of rotatable bonds is 16. The Morgan fingerprint density at radius 3 is 2.35 bits per heavy atom. The number of nitrogens with one attached hydrogen (secondary N) is 1. The Morgan fingerprint density at radius 2 is 1.78 bits per heavy atom. The van der Waals surface area contributed by atoms with Crippen LogP contribution in [0.25, 0.3) is 0 Å². The highest BCUT2D eigenvalue weighted by atomic mass is 16.5. The molecule has 0 aliphatic heterocycles. The molecule has 0 bridgehead atoms. The van der Waals surface area contributed by atoms with Crippen LogP contribution < -0.4 is 5.32 Å². The predicted octanol–water partition coefficient (Wildman–Crippen LogP) is 5.39. The van der Waals surface area contributed by atoms with Crippen molar-refractivity contribution in [2.45, 2.75) is 104 Å². The van der Waals surface area contributed by atoms with E-state index in [-0.39, 0.29) is 43.7 Å². The summed E-state index contributed by atoms with van der Waals surface area (Å²) in [5, 5.41) is 3.12. The summed E-state index contributed by atoms with van der Waals surface area (Å²) in [7, 11) is 0. The first-order chi connectivity index (χ1) is 17.6. The monoisotopic (exact) mass is 517 g/mol. The van der Waals surface area contributed by atoms with Crippen molar-refractivity contribution < 1.29 is 28.6 Å². The van der Waals surface area contributed by atoms with E-state index in [1.165, 1.54) is 0 Å². The molecule has 2 atom stereocenters. The highest BCUT2D eigenvalue weighted by Gasteiger charge is 2.48. The molecule has 7 heteroatoms. The van der Waals surface area contributed by atoms with Gasteiger partial charge >= 0.3 is 5.97 Å². The van der Waals surface area contributed by atoms with Gasteiger partial charge < -0.3 is 24.3 Å². The summed E-state index contributed by atoms with van der Waals surface area (Å²) >= 11 is 0. The first kappa shape index (κ1) is 31.0. The summed E-state index contributed by atoms with van der Waals surface area (Å²) in [5.74, 6) is -0.482. The SMILES string of the molecule is CCC[C@](C=O)(COC(C)(C)C)CC1(C(=O)N[C@H](COCc2ccccc2)CC(=O)OCC)CCCC1. The maximum Gasteiger partial charge on any atom is 0.307 e. The lowest BCUT2D eigenvalue weighted by Crippen LogP contribution is -2.50. The molecule has 208 valence electrons. The van der Waals surface area contributed by atoms with E-state index in [4.69, 9.17) is 14.2 Å². The Balaban J connectivity index is 2.18. The van der Waals surface area contributed by atoms with Crippen molar-refractivity contribution in [3.63, 3.8) is 0 Å². The molecule has 0 heterocycles. The van der Waals surface area contributed by atoms with Gasteiger partial charge in [0.1, 0.15) is 6.29 Å². The van der Waals surface area contributed by atoms with Gasteiger partial charge in [0.25, 0.3) is 0 Å². The molecule has 1 N–H and O–H groups in total. The van der Waals surface area contributed by atoms with Crippen LogP contribution in [0.1, 0.15) is 91.5 Å². The molecular weight excluding hydrogens is 470 g/mol. The maximum atomic E-state index is 13.9. The number of amides is 1. The molecular formula is C30H47NO6. The normalized spacial score (nSPS) is 17.5. The number of benzene rings is 1. The van der Waals surface area contributed by atoms with Crippen LogP contribution in [0, 0.1) is 10.8 Å². The van der Waals surface area contributed by atoms with Crippen LogP contribution in [0.4, 0.5) is 0 Å². The maximum absolute atomic E-state index is 13.9. The zero-order valence-corrected chi connectivity index (χ0v) is 23.5. The Labute approximate surface area is 223 Å². The Bertz CT molecular complexity index is 843. The lowest BCUT2D eigenvalue weighted by Gasteiger charge is -2.39. The second-order valence-corrected chi connectivity index (χ2v) is 11.5. The first-order valence-electron chi connectivity index (χ1n) is 13.8. The van der Waals surface area contributed by atoms with E-state index >= 15 is 0 Å². The third kappa shape index (κ3) is 10.2. The largest absolute Gasteiger partial charge is 0.466 e. The van der Waals surface area contributed by atoms with Gasteiger partial charge in [-0.2, -0.15) is 0 Å². The van der Waals surface area contributed by atoms with E-state index in [9.17, 15) is 14.4 Å². The van der Waals surface area contributed by atoms with Gasteiger partial charge in [0.05, 0.1) is 55.3 Å². The third-order valence-corrected chi connectivity index (χ3v) is 7.01. The minimum Gasteiger partial charge on any atom is -0.466 e. The van der Waals surface area contributed by atoms with E-state index in [0.29, 0.717) is 32.3 Å². The van der Waals surface area contributed by atoms with Crippen molar-refractivity contribution >= 4 is 18.2 Å². The Kier molecular flexibility index (Phi) is 12.2. The fraction of sp³-hybridized carbons (Fsp3) is 0.700. The number of carbonyl (C=O) groups is 3. The molecule has 0 spiro atoms. The van der Waals surface area contributed by atoms with Crippen LogP contribution >= 0.6 is 0 Å². The summed E-state index contributed by atoms with van der Waals surface area (Å²) in [6.07, 6.45) is 6.26. The molecule has 0 saturated heterocycles. The molecule has 1 saturated carbocycles. The number of carbonyl (C=O) groups excluding carboxylic acids is 3. The standard InChI is InChI=1S/C30H47NO6/c1-6-15-29(22-32,23-37-28(3,4)5)21-30(16-11-12-17-30)27(34)31-25(18-26(33)36-7-2)20-35-19-24-13-9-8-10-14-24/h8-10,13-14,22,25H,6-7,11-12,15-21,23H2,1-5H3,(H,31,34)/t25-,29-/m0/s1. The third-order valence-electron chi connectivity index (χ3n) is 7.01. The van der Waals surface area contributed by atoms with E-state index in [1.54, 1.807) is 6.92 Å². The minimum absolute atomic E-state index is 0.0331. The molecule has 1 aliphatic rings. The molecule has 0 radical (unpaired) electrons. The zero-order chi connectivity index (χ0) is 27.4. The fourth-order valence-corrected chi connectivity index (χ4v) is 5.22. The van der Waals surface area contributed by atoms with Crippen LogP contribution in [0.5, 0.6) is 0 Å². The smallest absolute Gasteiger partial charge is 0.307 e. The first-order valence-corrected chi connectivity index (χ1v) is 13.8. The van der Waals surface area contributed by atoms with Crippen molar-refractivity contribution in [3.8, 4) is 0 Å². The molecule has 1 aliphatic carbocycles. The summed E-state index contributed by atoms with van der Waals surface area (Å²) in [4.78, 5) is 38.7. The molecule has 1 aromatic rings. The lowest BCUT2D eigenvalue weighted by molar-refractivity contribution is -0.145. The topological polar surface area (TPSA) is 90.9 Å². The van der Waals surface area contributed by atoms with Gasteiger partial charge in [0.15, 0.2) is 0 Å². The molecule has 1 fully saturated rings. The van der Waals surface area contributed by atoms with Crippen molar-refractivity contribution in [3.05, 3.63) is 35.9 Å². The fourth-order valence-electron chi connectivity index (χ4n) is 5.22. The van der Waals surface area contributed by atoms with Gasteiger partial charge in [-0.25, -0.2) is 0 Å². The van der Waals surface area contributed by atoms with E-state index < -0.39 is 16.9 Å². The van der Waals surface area contributed by atoms with Crippen molar-refractivity contribution in [2.75, 3.05) is 19.8 Å². The van der Waals surface area contributed by atoms with Crippen molar-refractivity contribution in [1.29, 1.82) is 0 Å². The van der Waals surface area contributed by atoms with Crippen LogP contribution in [0.2, 0.25) is 0 Å². The van der Waals surface area contributed by atoms with E-state index in [2.05, 4.69) is 12.2 Å². The molecule has 37 heavy (non-hydrogen) atoms. The van der Waals surface area contributed by atoms with Gasteiger partial charge in [-0.15, -0.1) is 0 Å². The molecule has 2 rings (SSSR count). The van der Waals surface area contributed by atoms with Gasteiger partial charge in [0, 0.05) is 0 Å². The summed E-state index contributed by atoms with van der Waals surface area (Å²) < 4.78 is 17.1. The average molecular weight is 518 g/mol. The molecule has 1 aromatic carbocycles. The molecule has 1 amide bonds. The van der Waals surface area contributed by atoms with Gasteiger partial charge in [-0.3, -0.25) is 9.59 Å². The number of aldehydes is 1. The predicted molar refractivity (Wildman–Crippen MR) is 144 cm³/mol. The highest BCUT2D eigenvalue weighted by molar-refractivity contribution is 5.84. The Hall–Kier alpha value is -2.25. The number of hydrogen-bond acceptors (Lipinski definition) is 6. The van der Waals surface area contributed by atoms with Crippen LogP contribution in [0.3, 0.4) is 0 Å². The van der Waals surface area contributed by atoms with Crippen LogP contribution in [-0.4, -0.2) is 49.6 Å². The van der Waals surface area contributed by atoms with Gasteiger partial charge in [-0.1, -0.05) is 56.5 Å². The average Bonchev–Trinajstić information content (AvgIpc) is 3.32. The lowest BCUT2D eigenvalue weighted by atomic mass is 9.68. The number of ether oxygens (including phenoxy) is 3. The molecule has 0 unspecified atom stereocenters.